The second-order valence-electron chi connectivity index (χ2n) is 6.66. The number of hydrogen-bond acceptors (Lipinski definition) is 4. The van der Waals surface area contributed by atoms with Crippen LogP contribution in [0.3, 0.4) is 0 Å². The summed E-state index contributed by atoms with van der Waals surface area (Å²) in [6.45, 7) is 7.26. The Morgan fingerprint density at radius 2 is 1.89 bits per heavy atom. The molecule has 0 aromatic heterocycles. The van der Waals surface area contributed by atoms with E-state index < -0.39 is 0 Å². The SMILES string of the molecule is CCN(CC)C(=O)N1CCC(C(=O)Nc2cccc(Cl)c2OCCOC)CC1. The number of carbonyl (C=O) groups is 2. The van der Waals surface area contributed by atoms with E-state index in [1.165, 1.54) is 0 Å². The van der Waals surface area contributed by atoms with Crippen molar-refractivity contribution >= 4 is 29.2 Å². The summed E-state index contributed by atoms with van der Waals surface area (Å²) in [6, 6.07) is 5.31. The Labute approximate surface area is 171 Å². The van der Waals surface area contributed by atoms with Crippen LogP contribution in [0, 0.1) is 5.92 Å². The van der Waals surface area contributed by atoms with Gasteiger partial charge in [-0.2, -0.15) is 0 Å². The van der Waals surface area contributed by atoms with Crippen LogP contribution in [0.2, 0.25) is 5.02 Å². The molecule has 0 saturated carbocycles. The van der Waals surface area contributed by atoms with E-state index in [9.17, 15) is 9.59 Å². The highest BCUT2D eigenvalue weighted by Crippen LogP contribution is 2.33. The fourth-order valence-corrected chi connectivity index (χ4v) is 3.47. The van der Waals surface area contributed by atoms with Crippen LogP contribution in [0.5, 0.6) is 5.75 Å². The molecule has 28 heavy (non-hydrogen) atoms. The van der Waals surface area contributed by atoms with E-state index in [0.29, 0.717) is 68.7 Å². The summed E-state index contributed by atoms with van der Waals surface area (Å²) >= 11 is 6.22. The minimum absolute atomic E-state index is 0.0486. The van der Waals surface area contributed by atoms with Crippen molar-refractivity contribution in [2.45, 2.75) is 26.7 Å². The third-order valence-corrected chi connectivity index (χ3v) is 5.23. The molecule has 7 nitrogen and oxygen atoms in total. The predicted molar refractivity (Wildman–Crippen MR) is 110 cm³/mol. The second-order valence-corrected chi connectivity index (χ2v) is 7.07. The van der Waals surface area contributed by atoms with Gasteiger partial charge in [-0.3, -0.25) is 4.79 Å². The first kappa shape index (κ1) is 22.3. The van der Waals surface area contributed by atoms with Gasteiger partial charge in [-0.1, -0.05) is 17.7 Å². The quantitative estimate of drug-likeness (QED) is 0.665. The van der Waals surface area contributed by atoms with Crippen LogP contribution in [-0.4, -0.2) is 68.2 Å². The number of piperidine rings is 1. The van der Waals surface area contributed by atoms with Crippen molar-refractivity contribution in [2.24, 2.45) is 5.92 Å². The molecule has 1 aromatic carbocycles. The van der Waals surface area contributed by atoms with Crippen molar-refractivity contribution in [3.8, 4) is 5.75 Å². The summed E-state index contributed by atoms with van der Waals surface area (Å²) in [6.07, 6.45) is 1.28. The molecule has 0 aliphatic carbocycles. The molecule has 1 N–H and O–H groups in total. The maximum atomic E-state index is 12.7. The van der Waals surface area contributed by atoms with Crippen molar-refractivity contribution in [1.29, 1.82) is 0 Å². The molecule has 0 unspecified atom stereocenters. The van der Waals surface area contributed by atoms with E-state index in [1.54, 1.807) is 30.2 Å². The lowest BCUT2D eigenvalue weighted by Gasteiger charge is -2.34. The molecule has 1 aromatic rings. The monoisotopic (exact) mass is 411 g/mol. The van der Waals surface area contributed by atoms with E-state index in [-0.39, 0.29) is 17.9 Å². The molecule has 1 aliphatic rings. The third kappa shape index (κ3) is 5.75. The zero-order valence-electron chi connectivity index (χ0n) is 16.9. The number of methoxy groups -OCH3 is 1. The molecule has 1 saturated heterocycles. The van der Waals surface area contributed by atoms with E-state index in [1.807, 2.05) is 18.7 Å². The molecule has 156 valence electrons. The standard InChI is InChI=1S/C20H30ClN3O4/c1-4-23(5-2)20(26)24-11-9-15(10-12-24)19(25)22-17-8-6-7-16(21)18(17)28-14-13-27-3/h6-8,15H,4-5,9-14H2,1-3H3,(H,22,25). The van der Waals surface area contributed by atoms with Gasteiger partial charge in [0.1, 0.15) is 6.61 Å². The Hall–Kier alpha value is -1.99. The Balaban J connectivity index is 1.94. The smallest absolute Gasteiger partial charge is 0.319 e. The Morgan fingerprint density at radius 3 is 2.50 bits per heavy atom. The highest BCUT2D eigenvalue weighted by atomic mass is 35.5. The number of benzene rings is 1. The Bertz CT molecular complexity index is 659. The number of anilines is 1. The molecule has 2 rings (SSSR count). The number of urea groups is 1. The number of halogens is 1. The van der Waals surface area contributed by atoms with E-state index in [2.05, 4.69) is 5.32 Å². The average molecular weight is 412 g/mol. The lowest BCUT2D eigenvalue weighted by Crippen LogP contribution is -2.47. The summed E-state index contributed by atoms with van der Waals surface area (Å²) in [5, 5.41) is 3.37. The average Bonchev–Trinajstić information content (AvgIpc) is 2.71. The first-order valence-corrected chi connectivity index (χ1v) is 10.1. The number of likely N-dealkylation sites (tertiary alicyclic amines) is 1. The van der Waals surface area contributed by atoms with Gasteiger partial charge in [0.25, 0.3) is 0 Å². The van der Waals surface area contributed by atoms with Gasteiger partial charge in [0.05, 0.1) is 17.3 Å². The number of nitrogens with one attached hydrogen (secondary N) is 1. The number of nitrogens with zero attached hydrogens (tertiary/aromatic N) is 2. The summed E-state index contributed by atoms with van der Waals surface area (Å²) in [5.74, 6) is 0.226. The largest absolute Gasteiger partial charge is 0.487 e. The first-order valence-electron chi connectivity index (χ1n) is 9.76. The fraction of sp³-hybridized carbons (Fsp3) is 0.600. The van der Waals surface area contributed by atoms with E-state index >= 15 is 0 Å². The van der Waals surface area contributed by atoms with Gasteiger partial charge in [-0.25, -0.2) is 4.79 Å². The van der Waals surface area contributed by atoms with Crippen LogP contribution in [0.25, 0.3) is 0 Å². The van der Waals surface area contributed by atoms with Gasteiger partial charge in [-0.05, 0) is 38.8 Å². The number of ether oxygens (including phenoxy) is 2. The molecular formula is C20H30ClN3O4. The zero-order valence-corrected chi connectivity index (χ0v) is 17.6. The number of rotatable bonds is 8. The summed E-state index contributed by atoms with van der Waals surface area (Å²) in [5.41, 5.74) is 0.551. The summed E-state index contributed by atoms with van der Waals surface area (Å²) < 4.78 is 10.7. The van der Waals surface area contributed by atoms with Crippen molar-refractivity contribution in [2.75, 3.05) is 51.8 Å². The Morgan fingerprint density at radius 1 is 1.21 bits per heavy atom. The van der Waals surface area contributed by atoms with Crippen molar-refractivity contribution in [3.63, 3.8) is 0 Å². The number of carbonyl (C=O) groups excluding carboxylic acids is 2. The topological polar surface area (TPSA) is 71.1 Å². The number of hydrogen-bond donors (Lipinski definition) is 1. The van der Waals surface area contributed by atoms with E-state index in [4.69, 9.17) is 21.1 Å². The van der Waals surface area contributed by atoms with Crippen molar-refractivity contribution in [1.82, 2.24) is 9.80 Å². The van der Waals surface area contributed by atoms with Gasteiger partial charge in [0.15, 0.2) is 5.75 Å². The van der Waals surface area contributed by atoms with Crippen LogP contribution in [0.1, 0.15) is 26.7 Å². The maximum Gasteiger partial charge on any atom is 0.319 e. The summed E-state index contributed by atoms with van der Waals surface area (Å²) in [4.78, 5) is 28.8. The molecule has 0 bridgehead atoms. The lowest BCUT2D eigenvalue weighted by atomic mass is 9.96. The molecule has 0 radical (unpaired) electrons. The fourth-order valence-electron chi connectivity index (χ4n) is 3.24. The van der Waals surface area contributed by atoms with Crippen molar-refractivity contribution in [3.05, 3.63) is 23.2 Å². The predicted octanol–water partition coefficient (Wildman–Crippen LogP) is 3.48. The molecule has 8 heteroatoms. The van der Waals surface area contributed by atoms with Crippen LogP contribution in [0.4, 0.5) is 10.5 Å². The number of para-hydroxylation sites is 1. The second kappa shape index (κ2) is 11.1. The van der Waals surface area contributed by atoms with Gasteiger partial charge in [0, 0.05) is 39.2 Å². The van der Waals surface area contributed by atoms with Gasteiger partial charge in [-0.15, -0.1) is 0 Å². The summed E-state index contributed by atoms with van der Waals surface area (Å²) in [7, 11) is 1.59. The molecular weight excluding hydrogens is 382 g/mol. The normalized spacial score (nSPS) is 14.6. The molecule has 1 heterocycles. The first-order chi connectivity index (χ1) is 13.5. The zero-order chi connectivity index (χ0) is 20.5. The van der Waals surface area contributed by atoms with Crippen LogP contribution in [-0.2, 0) is 9.53 Å². The van der Waals surface area contributed by atoms with Crippen LogP contribution >= 0.6 is 11.6 Å². The van der Waals surface area contributed by atoms with Gasteiger partial charge >= 0.3 is 6.03 Å². The van der Waals surface area contributed by atoms with E-state index in [0.717, 1.165) is 0 Å². The third-order valence-electron chi connectivity index (χ3n) is 4.93. The minimum Gasteiger partial charge on any atom is -0.487 e. The lowest BCUT2D eigenvalue weighted by molar-refractivity contribution is -0.121. The minimum atomic E-state index is -0.147. The molecule has 0 spiro atoms. The number of amides is 3. The van der Waals surface area contributed by atoms with Gasteiger partial charge in [0.2, 0.25) is 5.91 Å². The molecule has 0 atom stereocenters. The highest BCUT2D eigenvalue weighted by molar-refractivity contribution is 6.32. The maximum absolute atomic E-state index is 12.7. The Kier molecular flexibility index (Phi) is 8.86. The van der Waals surface area contributed by atoms with Crippen LogP contribution in [0.15, 0.2) is 18.2 Å². The molecule has 3 amide bonds. The van der Waals surface area contributed by atoms with Crippen molar-refractivity contribution < 1.29 is 19.1 Å². The van der Waals surface area contributed by atoms with Crippen LogP contribution < -0.4 is 10.1 Å². The molecule has 1 fully saturated rings. The highest BCUT2D eigenvalue weighted by Gasteiger charge is 2.29. The molecule has 1 aliphatic heterocycles. The van der Waals surface area contributed by atoms with Gasteiger partial charge < -0.3 is 24.6 Å².